The SMILES string of the molecule is CC12CC[C@H]3[C@@H](CC[C@H]4C[C@@H](OC(=O)Cc5ccc(N(CCCl)CCCl)cc5)CC[C@@]43C)[C@@H]1CCC(=O)N2. The van der Waals surface area contributed by atoms with Gasteiger partial charge in [0.1, 0.15) is 6.10 Å². The number of carbonyl (C=O) groups excluding carboxylic acids is 2. The van der Waals surface area contributed by atoms with Gasteiger partial charge in [-0.1, -0.05) is 19.1 Å². The summed E-state index contributed by atoms with van der Waals surface area (Å²) in [5, 5.41) is 3.37. The zero-order valence-electron chi connectivity index (χ0n) is 23.0. The molecule has 1 aromatic carbocycles. The molecule has 1 unspecified atom stereocenters. The molecule has 4 aliphatic rings. The topological polar surface area (TPSA) is 58.6 Å². The number of fused-ring (bicyclic) bond motifs is 5. The summed E-state index contributed by atoms with van der Waals surface area (Å²) in [5.41, 5.74) is 2.35. The fraction of sp³-hybridized carbons (Fsp3) is 0.742. The van der Waals surface area contributed by atoms with Crippen molar-refractivity contribution in [3.63, 3.8) is 0 Å². The van der Waals surface area contributed by atoms with Crippen LogP contribution in [-0.4, -0.2) is 48.4 Å². The Labute approximate surface area is 238 Å². The van der Waals surface area contributed by atoms with Crippen molar-refractivity contribution in [2.24, 2.45) is 29.1 Å². The number of nitrogens with zero attached hydrogens (tertiary/aromatic N) is 1. The highest BCUT2D eigenvalue weighted by Crippen LogP contribution is 2.62. The van der Waals surface area contributed by atoms with Gasteiger partial charge in [-0.3, -0.25) is 9.59 Å². The maximum absolute atomic E-state index is 12.9. The lowest BCUT2D eigenvalue weighted by atomic mass is 9.45. The van der Waals surface area contributed by atoms with Gasteiger partial charge in [-0.15, -0.1) is 23.2 Å². The highest BCUT2D eigenvalue weighted by Gasteiger charge is 2.58. The minimum atomic E-state index is -0.121. The Bertz CT molecular complexity index is 997. The number of piperidine rings is 1. The molecule has 0 spiro atoms. The van der Waals surface area contributed by atoms with Crippen LogP contribution in [0.5, 0.6) is 0 Å². The minimum absolute atomic E-state index is 0.0167. The van der Waals surface area contributed by atoms with Gasteiger partial charge in [-0.2, -0.15) is 0 Å². The highest BCUT2D eigenvalue weighted by molar-refractivity contribution is 6.18. The third-order valence-corrected chi connectivity index (χ3v) is 11.1. The van der Waals surface area contributed by atoms with Crippen LogP contribution in [0.1, 0.15) is 77.2 Å². The molecule has 1 aliphatic heterocycles. The lowest BCUT2D eigenvalue weighted by molar-refractivity contribution is -0.162. The number of nitrogens with one attached hydrogen (secondary N) is 1. The number of alkyl halides is 2. The van der Waals surface area contributed by atoms with Crippen LogP contribution in [0.3, 0.4) is 0 Å². The lowest BCUT2D eigenvalue weighted by Gasteiger charge is -2.62. The van der Waals surface area contributed by atoms with E-state index in [1.807, 2.05) is 24.3 Å². The largest absolute Gasteiger partial charge is 0.462 e. The summed E-state index contributed by atoms with van der Waals surface area (Å²) in [5.74, 6) is 3.87. The molecule has 1 saturated heterocycles. The third kappa shape index (κ3) is 5.57. The first-order chi connectivity index (χ1) is 18.3. The average molecular weight is 564 g/mol. The standard InChI is InChI=1S/C31H44Cl2N2O3/c1-30-13-11-24(38-29(37)19-21-3-6-23(7-4-21)35(17-15-32)18-16-33)20-22(30)5-8-25-26(30)12-14-31(2)27(25)9-10-28(36)34-31/h3-4,6-7,22,24-27H,5,8-20H2,1-2H3,(H,34,36)/t22-,24-,25+,26-,27-,30-,31?/m0/s1. The Morgan fingerprint density at radius 3 is 2.45 bits per heavy atom. The number of halogens is 2. The van der Waals surface area contributed by atoms with Gasteiger partial charge >= 0.3 is 5.97 Å². The Kier molecular flexibility index (Phi) is 8.55. The summed E-state index contributed by atoms with van der Waals surface area (Å²) in [7, 11) is 0. The molecule has 1 aromatic rings. The van der Waals surface area contributed by atoms with E-state index < -0.39 is 0 Å². The number of hydrogen-bond donors (Lipinski definition) is 1. The van der Waals surface area contributed by atoms with E-state index in [4.69, 9.17) is 27.9 Å². The molecule has 7 atom stereocenters. The smallest absolute Gasteiger partial charge is 0.310 e. The maximum atomic E-state index is 12.9. The van der Waals surface area contributed by atoms with Crippen LogP contribution in [0, 0.1) is 29.1 Å². The summed E-state index contributed by atoms with van der Waals surface area (Å²) >= 11 is 11.9. The summed E-state index contributed by atoms with van der Waals surface area (Å²) in [6.07, 6.45) is 9.93. The highest BCUT2D eigenvalue weighted by atomic mass is 35.5. The molecule has 0 radical (unpaired) electrons. The lowest BCUT2D eigenvalue weighted by Crippen LogP contribution is -2.63. The second-order valence-corrected chi connectivity index (χ2v) is 13.6. The zero-order chi connectivity index (χ0) is 26.9. The van der Waals surface area contributed by atoms with Crippen molar-refractivity contribution in [2.45, 2.75) is 89.7 Å². The van der Waals surface area contributed by atoms with Gasteiger partial charge in [0.2, 0.25) is 5.91 Å². The van der Waals surface area contributed by atoms with Crippen molar-refractivity contribution in [1.82, 2.24) is 5.32 Å². The van der Waals surface area contributed by atoms with Crippen LogP contribution in [0.25, 0.3) is 0 Å². The van der Waals surface area contributed by atoms with E-state index in [-0.39, 0.29) is 23.5 Å². The van der Waals surface area contributed by atoms with Gasteiger partial charge in [-0.05, 0) is 105 Å². The van der Waals surface area contributed by atoms with Crippen LogP contribution >= 0.6 is 23.2 Å². The Morgan fingerprint density at radius 1 is 1.00 bits per heavy atom. The Hall–Kier alpha value is -1.46. The van der Waals surface area contributed by atoms with E-state index in [1.54, 1.807) is 0 Å². The first-order valence-corrected chi connectivity index (χ1v) is 15.8. The Balaban J connectivity index is 1.16. The summed E-state index contributed by atoms with van der Waals surface area (Å²) in [6.45, 7) is 6.31. The normalized spacial score (nSPS) is 36.3. The van der Waals surface area contributed by atoms with Gasteiger partial charge in [0.25, 0.3) is 0 Å². The number of hydrogen-bond acceptors (Lipinski definition) is 4. The molecule has 4 fully saturated rings. The van der Waals surface area contributed by atoms with Crippen molar-refractivity contribution in [3.05, 3.63) is 29.8 Å². The van der Waals surface area contributed by atoms with Crippen LogP contribution in [0.15, 0.2) is 24.3 Å². The number of ether oxygens (including phenoxy) is 1. The van der Waals surface area contributed by atoms with Crippen LogP contribution in [0.4, 0.5) is 5.69 Å². The van der Waals surface area contributed by atoms with Crippen molar-refractivity contribution in [1.29, 1.82) is 0 Å². The van der Waals surface area contributed by atoms with Gasteiger partial charge in [-0.25, -0.2) is 0 Å². The van der Waals surface area contributed by atoms with Gasteiger partial charge in [0, 0.05) is 42.5 Å². The van der Waals surface area contributed by atoms with Crippen molar-refractivity contribution in [3.8, 4) is 0 Å². The number of anilines is 1. The fourth-order valence-corrected chi connectivity index (χ4v) is 9.20. The van der Waals surface area contributed by atoms with E-state index in [0.717, 1.165) is 62.4 Å². The van der Waals surface area contributed by atoms with Crippen molar-refractivity contribution < 1.29 is 14.3 Å². The van der Waals surface area contributed by atoms with Crippen LogP contribution < -0.4 is 10.2 Å². The van der Waals surface area contributed by atoms with Crippen LogP contribution in [-0.2, 0) is 20.7 Å². The first-order valence-electron chi connectivity index (χ1n) is 14.7. The third-order valence-electron chi connectivity index (χ3n) is 10.8. The second-order valence-electron chi connectivity index (χ2n) is 12.8. The minimum Gasteiger partial charge on any atom is -0.462 e. The number of amides is 1. The monoisotopic (exact) mass is 562 g/mol. The molecular formula is C31H44Cl2N2O3. The van der Waals surface area contributed by atoms with E-state index in [9.17, 15) is 9.59 Å². The molecule has 38 heavy (non-hydrogen) atoms. The molecule has 7 heteroatoms. The molecule has 0 aromatic heterocycles. The van der Waals surface area contributed by atoms with Crippen molar-refractivity contribution >= 4 is 40.8 Å². The molecule has 3 saturated carbocycles. The average Bonchev–Trinajstić information content (AvgIpc) is 2.88. The fourth-order valence-electron chi connectivity index (χ4n) is 8.79. The van der Waals surface area contributed by atoms with Gasteiger partial charge in [0.05, 0.1) is 6.42 Å². The quantitative estimate of drug-likeness (QED) is 0.297. The van der Waals surface area contributed by atoms with Crippen molar-refractivity contribution in [2.75, 3.05) is 29.7 Å². The van der Waals surface area contributed by atoms with E-state index in [0.29, 0.717) is 47.8 Å². The molecular weight excluding hydrogens is 519 g/mol. The summed E-state index contributed by atoms with van der Waals surface area (Å²) in [4.78, 5) is 27.2. The molecule has 5 rings (SSSR count). The number of benzene rings is 1. The molecule has 210 valence electrons. The number of rotatable bonds is 8. The van der Waals surface area contributed by atoms with Gasteiger partial charge in [0.15, 0.2) is 0 Å². The number of esters is 1. The molecule has 5 nitrogen and oxygen atoms in total. The molecule has 1 N–H and O–H groups in total. The summed E-state index contributed by atoms with van der Waals surface area (Å²) < 4.78 is 6.06. The number of carbonyl (C=O) groups is 2. The molecule has 0 bridgehead atoms. The first kappa shape index (κ1) is 28.1. The van der Waals surface area contributed by atoms with E-state index >= 15 is 0 Å². The van der Waals surface area contributed by atoms with Gasteiger partial charge < -0.3 is 15.0 Å². The van der Waals surface area contributed by atoms with E-state index in [2.05, 4.69) is 24.1 Å². The maximum Gasteiger partial charge on any atom is 0.310 e. The molecule has 1 heterocycles. The van der Waals surface area contributed by atoms with Crippen LogP contribution in [0.2, 0.25) is 0 Å². The molecule has 1 amide bonds. The second kappa shape index (κ2) is 11.6. The summed E-state index contributed by atoms with van der Waals surface area (Å²) in [6, 6.07) is 8.10. The molecule has 3 aliphatic carbocycles. The predicted molar refractivity (Wildman–Crippen MR) is 154 cm³/mol. The van der Waals surface area contributed by atoms with E-state index in [1.165, 1.54) is 19.3 Å². The Morgan fingerprint density at radius 2 is 1.74 bits per heavy atom. The predicted octanol–water partition coefficient (Wildman–Crippen LogP) is 6.34. The zero-order valence-corrected chi connectivity index (χ0v) is 24.5.